The molecule has 1 aromatic rings. The lowest BCUT2D eigenvalue weighted by Gasteiger charge is -2.24. The van der Waals surface area contributed by atoms with E-state index in [1.807, 2.05) is 20.8 Å². The van der Waals surface area contributed by atoms with E-state index in [-0.39, 0.29) is 11.7 Å². The zero-order chi connectivity index (χ0) is 22.7. The third-order valence-corrected chi connectivity index (χ3v) is 8.09. The average molecular weight is 438 g/mol. The van der Waals surface area contributed by atoms with Crippen LogP contribution in [0.5, 0.6) is 5.75 Å². The van der Waals surface area contributed by atoms with Gasteiger partial charge in [-0.15, -0.1) is 0 Å². The molecular weight excluding hydrogens is 394 g/mol. The second kappa shape index (κ2) is 13.1. The van der Waals surface area contributed by atoms with Crippen molar-refractivity contribution < 1.29 is 14.1 Å². The summed E-state index contributed by atoms with van der Waals surface area (Å²) in [6, 6.07) is 1.77. The Morgan fingerprint density at radius 3 is 1.97 bits per heavy atom. The molecule has 0 saturated heterocycles. The molecule has 0 saturated carbocycles. The summed E-state index contributed by atoms with van der Waals surface area (Å²) in [6.07, 6.45) is 12.4. The van der Waals surface area contributed by atoms with Gasteiger partial charge in [0.15, 0.2) is 0 Å². The predicted octanol–water partition coefficient (Wildman–Crippen LogP) is 6.70. The fraction of sp³-hybridized carbons (Fsp3) is 0.720. The Hall–Kier alpha value is -1.36. The quantitative estimate of drug-likeness (QED) is 0.251. The van der Waals surface area contributed by atoms with Gasteiger partial charge in [-0.3, -0.25) is 9.00 Å². The van der Waals surface area contributed by atoms with Gasteiger partial charge >= 0.3 is 0 Å². The molecule has 30 heavy (non-hydrogen) atoms. The molecule has 0 bridgehead atoms. The van der Waals surface area contributed by atoms with Crippen LogP contribution in [0.2, 0.25) is 0 Å². The third-order valence-electron chi connectivity index (χ3n) is 6.10. The number of hydrogen-bond donors (Lipinski definition) is 2. The Bertz CT molecular complexity index is 713. The third kappa shape index (κ3) is 8.05. The monoisotopic (exact) mass is 437 g/mol. The Labute approximate surface area is 186 Å². The van der Waals surface area contributed by atoms with Crippen LogP contribution in [0.15, 0.2) is 6.07 Å². The molecule has 1 unspecified atom stereocenters. The minimum absolute atomic E-state index is 0.236. The number of unbranched alkanes of at least 4 members (excludes halogenated alkanes) is 9. The molecule has 1 amide bonds. The predicted molar refractivity (Wildman–Crippen MR) is 130 cm³/mol. The maximum absolute atomic E-state index is 12.9. The topological polar surface area (TPSA) is 66.4 Å². The lowest BCUT2D eigenvalue weighted by Crippen LogP contribution is -2.42. The van der Waals surface area contributed by atoms with E-state index in [1.165, 1.54) is 51.4 Å². The van der Waals surface area contributed by atoms with Crippen LogP contribution in [-0.4, -0.2) is 25.7 Å². The highest BCUT2D eigenvalue weighted by Gasteiger charge is 2.34. The summed E-state index contributed by atoms with van der Waals surface area (Å²) in [7, 11) is -1.23. The summed E-state index contributed by atoms with van der Waals surface area (Å²) in [5.74, 6) is 0.582. The lowest BCUT2D eigenvalue weighted by molar-refractivity contribution is -0.117. The Kier molecular flexibility index (Phi) is 11.7. The van der Waals surface area contributed by atoms with Crippen molar-refractivity contribution in [2.24, 2.45) is 0 Å². The van der Waals surface area contributed by atoms with E-state index in [0.717, 1.165) is 29.5 Å². The van der Waals surface area contributed by atoms with Gasteiger partial charge in [0.2, 0.25) is 5.91 Å². The van der Waals surface area contributed by atoms with Gasteiger partial charge in [0, 0.05) is 22.2 Å². The second-order valence-electron chi connectivity index (χ2n) is 9.04. The van der Waals surface area contributed by atoms with Crippen molar-refractivity contribution in [3.05, 3.63) is 22.8 Å². The molecule has 0 aliphatic rings. The largest absolute Gasteiger partial charge is 0.507 e. The first-order chi connectivity index (χ1) is 14.1. The average Bonchev–Trinajstić information content (AvgIpc) is 2.71. The molecule has 2 N–H and O–H groups in total. The highest BCUT2D eigenvalue weighted by molar-refractivity contribution is 7.87. The maximum atomic E-state index is 12.9. The maximum Gasteiger partial charge on any atom is 0.242 e. The molecule has 0 spiro atoms. The van der Waals surface area contributed by atoms with Gasteiger partial charge in [0.25, 0.3) is 0 Å². The van der Waals surface area contributed by atoms with Gasteiger partial charge in [-0.2, -0.15) is 0 Å². The van der Waals surface area contributed by atoms with E-state index in [1.54, 1.807) is 19.9 Å². The number of phenolic OH excluding ortho intramolecular Hbond substituents is 1. The van der Waals surface area contributed by atoms with E-state index >= 15 is 0 Å². The van der Waals surface area contributed by atoms with Crippen LogP contribution in [0.4, 0.5) is 5.69 Å². The molecular formula is C25H43NO3S. The molecule has 0 radical (unpaired) electrons. The van der Waals surface area contributed by atoms with Gasteiger partial charge in [0.05, 0.1) is 0 Å². The number of rotatable bonds is 14. The molecule has 172 valence electrons. The number of hydrogen-bond acceptors (Lipinski definition) is 3. The molecule has 0 fully saturated rings. The number of aryl methyl sites for hydroxylation is 1. The van der Waals surface area contributed by atoms with Crippen molar-refractivity contribution in [2.45, 2.75) is 110 Å². The smallest absolute Gasteiger partial charge is 0.242 e. The fourth-order valence-corrected chi connectivity index (χ4v) is 4.78. The summed E-state index contributed by atoms with van der Waals surface area (Å²) in [5.41, 5.74) is 2.99. The van der Waals surface area contributed by atoms with E-state index in [0.29, 0.717) is 11.4 Å². The molecule has 0 aliphatic heterocycles. The van der Waals surface area contributed by atoms with Crippen LogP contribution in [0.3, 0.4) is 0 Å². The fourth-order valence-electron chi connectivity index (χ4n) is 3.55. The van der Waals surface area contributed by atoms with Crippen LogP contribution >= 0.6 is 0 Å². The first-order valence-corrected chi connectivity index (χ1v) is 12.9. The van der Waals surface area contributed by atoms with Crippen molar-refractivity contribution in [3.8, 4) is 5.75 Å². The molecule has 1 rings (SSSR count). The van der Waals surface area contributed by atoms with E-state index < -0.39 is 15.5 Å². The number of amides is 1. The van der Waals surface area contributed by atoms with Crippen molar-refractivity contribution >= 4 is 22.4 Å². The Morgan fingerprint density at radius 1 is 0.933 bits per heavy atom. The number of carbonyl (C=O) groups is 1. The molecule has 0 aliphatic carbocycles. The molecule has 1 atom stereocenters. The SMILES string of the molecule is CCCCCCCCCCCCS(=O)C(C)(C)C(=O)Nc1cc(C)c(O)c(C)c1C. The van der Waals surface area contributed by atoms with Crippen molar-refractivity contribution in [1.82, 2.24) is 0 Å². The highest BCUT2D eigenvalue weighted by atomic mass is 32.2. The number of phenols is 1. The zero-order valence-corrected chi connectivity index (χ0v) is 20.8. The first-order valence-electron chi connectivity index (χ1n) is 11.6. The van der Waals surface area contributed by atoms with Gasteiger partial charge in [-0.05, 0) is 63.8 Å². The van der Waals surface area contributed by atoms with E-state index in [9.17, 15) is 14.1 Å². The highest BCUT2D eigenvalue weighted by Crippen LogP contribution is 2.31. The van der Waals surface area contributed by atoms with Gasteiger partial charge in [0.1, 0.15) is 10.5 Å². The van der Waals surface area contributed by atoms with E-state index in [4.69, 9.17) is 0 Å². The van der Waals surface area contributed by atoms with Gasteiger partial charge < -0.3 is 10.4 Å². The Morgan fingerprint density at radius 2 is 1.43 bits per heavy atom. The summed E-state index contributed by atoms with van der Waals surface area (Å²) >= 11 is 0. The van der Waals surface area contributed by atoms with Crippen LogP contribution in [0, 0.1) is 20.8 Å². The standard InChI is InChI=1S/C25H43NO3S/c1-7-8-9-10-11-12-13-14-15-16-17-30(29)25(5,6)24(28)26-22-18-19(2)23(27)21(4)20(22)3/h18,27H,7-17H2,1-6H3,(H,26,28). The number of carbonyl (C=O) groups excluding carboxylic acids is 1. The summed E-state index contributed by atoms with van der Waals surface area (Å²) in [4.78, 5) is 12.9. The second-order valence-corrected chi connectivity index (χ2v) is 11.2. The van der Waals surface area contributed by atoms with Crippen molar-refractivity contribution in [1.29, 1.82) is 0 Å². The van der Waals surface area contributed by atoms with Crippen LogP contribution in [0.25, 0.3) is 0 Å². The Balaban J connectivity index is 2.42. The lowest BCUT2D eigenvalue weighted by atomic mass is 10.0. The van der Waals surface area contributed by atoms with Crippen molar-refractivity contribution in [3.63, 3.8) is 0 Å². The minimum Gasteiger partial charge on any atom is -0.507 e. The zero-order valence-electron chi connectivity index (χ0n) is 20.0. The molecule has 0 heterocycles. The molecule has 4 nitrogen and oxygen atoms in total. The van der Waals surface area contributed by atoms with Crippen LogP contribution in [-0.2, 0) is 15.6 Å². The summed E-state index contributed by atoms with van der Waals surface area (Å²) in [6.45, 7) is 11.3. The van der Waals surface area contributed by atoms with Gasteiger partial charge in [-0.25, -0.2) is 0 Å². The van der Waals surface area contributed by atoms with Gasteiger partial charge in [-0.1, -0.05) is 64.7 Å². The molecule has 1 aromatic carbocycles. The number of nitrogens with one attached hydrogen (secondary N) is 1. The van der Waals surface area contributed by atoms with Crippen molar-refractivity contribution in [2.75, 3.05) is 11.1 Å². The number of benzene rings is 1. The molecule has 0 aromatic heterocycles. The number of anilines is 1. The van der Waals surface area contributed by atoms with Crippen LogP contribution in [0.1, 0.15) is 102 Å². The number of aromatic hydroxyl groups is 1. The first kappa shape index (κ1) is 26.7. The summed E-state index contributed by atoms with van der Waals surface area (Å²) < 4.78 is 11.9. The van der Waals surface area contributed by atoms with E-state index in [2.05, 4.69) is 12.2 Å². The summed E-state index contributed by atoms with van der Waals surface area (Å²) in [5, 5.41) is 13.0. The normalized spacial score (nSPS) is 12.7. The molecule has 5 heteroatoms. The minimum atomic E-state index is -1.23. The van der Waals surface area contributed by atoms with Crippen LogP contribution < -0.4 is 5.32 Å².